The van der Waals surface area contributed by atoms with Crippen molar-refractivity contribution in [2.75, 3.05) is 7.11 Å². The summed E-state index contributed by atoms with van der Waals surface area (Å²) in [7, 11) is 1.46. The molecule has 222 valence electrons. The monoisotopic (exact) mass is 560 g/mol. The highest BCUT2D eigenvalue weighted by Gasteiger charge is 2.68. The smallest absolute Gasteiger partial charge is 0.335 e. The Morgan fingerprint density at radius 3 is 2.52 bits per heavy atom. The first kappa shape index (κ1) is 28.5. The summed E-state index contributed by atoms with van der Waals surface area (Å²) in [6.45, 7) is 3.93. The van der Waals surface area contributed by atoms with Crippen molar-refractivity contribution in [1.29, 1.82) is 0 Å². The summed E-state index contributed by atoms with van der Waals surface area (Å²) >= 11 is 0. The molecule has 1 saturated heterocycles. The topological polar surface area (TPSA) is 136 Å². The van der Waals surface area contributed by atoms with Crippen molar-refractivity contribution in [1.82, 2.24) is 0 Å². The number of carbonyl (C=O) groups excluding carboxylic acids is 1. The van der Waals surface area contributed by atoms with Crippen LogP contribution in [0.25, 0.3) is 0 Å². The van der Waals surface area contributed by atoms with Crippen LogP contribution < -0.4 is 5.63 Å². The van der Waals surface area contributed by atoms with Gasteiger partial charge in [-0.05, 0) is 100 Å². The molecule has 0 aromatic carbocycles. The number of methoxy groups -OCH3 is 1. The third-order valence-electron chi connectivity index (χ3n) is 12.1. The Bertz CT molecular complexity index is 1130. The molecular weight excluding hydrogens is 516 g/mol. The molecule has 9 heteroatoms. The van der Waals surface area contributed by atoms with Crippen LogP contribution in [0.1, 0.15) is 83.1 Å². The zero-order chi connectivity index (χ0) is 28.4. The number of aliphatic hydroxyl groups excluding tert-OH is 2. The van der Waals surface area contributed by atoms with E-state index in [1.807, 2.05) is 6.07 Å². The number of hydrogen-bond acceptors (Lipinski definition) is 9. The summed E-state index contributed by atoms with van der Waals surface area (Å²) in [5.74, 6) is 0.398. The van der Waals surface area contributed by atoms with Crippen molar-refractivity contribution in [3.63, 3.8) is 0 Å². The number of ether oxygens (including phenoxy) is 3. The van der Waals surface area contributed by atoms with Crippen LogP contribution in [0.15, 0.2) is 27.6 Å². The molecule has 40 heavy (non-hydrogen) atoms. The van der Waals surface area contributed by atoms with Crippen LogP contribution in [0.5, 0.6) is 0 Å². The molecule has 9 nitrogen and oxygen atoms in total. The number of fused-ring (bicyclic) bond motifs is 5. The summed E-state index contributed by atoms with van der Waals surface area (Å²) in [5.41, 5.74) is -1.12. The zero-order valence-corrected chi connectivity index (χ0v) is 23.7. The van der Waals surface area contributed by atoms with Gasteiger partial charge < -0.3 is 38.7 Å². The minimum absolute atomic E-state index is 0.0409. The zero-order valence-electron chi connectivity index (χ0n) is 23.7. The molecule has 1 aliphatic heterocycles. The van der Waals surface area contributed by atoms with E-state index >= 15 is 0 Å². The normalized spacial score (nSPS) is 50.5. The molecule has 1 aromatic rings. The van der Waals surface area contributed by atoms with Gasteiger partial charge in [0, 0.05) is 24.0 Å². The molecule has 6 rings (SSSR count). The summed E-state index contributed by atoms with van der Waals surface area (Å²) in [4.78, 5) is 24.6. The largest absolute Gasteiger partial charge is 0.431 e. The van der Waals surface area contributed by atoms with Gasteiger partial charge in [0.25, 0.3) is 0 Å². The van der Waals surface area contributed by atoms with Crippen molar-refractivity contribution in [3.05, 3.63) is 34.4 Å². The summed E-state index contributed by atoms with van der Waals surface area (Å²) < 4.78 is 22.6. The lowest BCUT2D eigenvalue weighted by Crippen LogP contribution is -2.63. The van der Waals surface area contributed by atoms with Crippen molar-refractivity contribution in [2.45, 2.75) is 120 Å². The highest BCUT2D eigenvalue weighted by molar-refractivity contribution is 5.62. The average Bonchev–Trinajstić information content (AvgIpc) is 3.23. The molecule has 5 aliphatic rings. The van der Waals surface area contributed by atoms with E-state index in [-0.39, 0.29) is 40.8 Å². The van der Waals surface area contributed by atoms with Crippen LogP contribution >= 0.6 is 0 Å². The maximum atomic E-state index is 13.0. The summed E-state index contributed by atoms with van der Waals surface area (Å²) in [6, 6.07) is 3.30. The first-order valence-corrected chi connectivity index (χ1v) is 15.1. The molecule has 0 spiro atoms. The van der Waals surface area contributed by atoms with Gasteiger partial charge in [-0.2, -0.15) is 0 Å². The van der Waals surface area contributed by atoms with E-state index in [1.54, 1.807) is 13.2 Å². The molecule has 0 unspecified atom stereocenters. The second-order valence-corrected chi connectivity index (χ2v) is 13.5. The van der Waals surface area contributed by atoms with Gasteiger partial charge in [0.15, 0.2) is 6.29 Å². The van der Waals surface area contributed by atoms with E-state index in [1.165, 1.54) is 19.5 Å². The van der Waals surface area contributed by atoms with Crippen LogP contribution in [0.2, 0.25) is 0 Å². The van der Waals surface area contributed by atoms with E-state index in [0.29, 0.717) is 25.7 Å². The first-order valence-electron chi connectivity index (χ1n) is 15.1. The number of carbonyl (C=O) groups is 1. The van der Waals surface area contributed by atoms with Gasteiger partial charge in [0.05, 0.1) is 24.1 Å². The van der Waals surface area contributed by atoms with Gasteiger partial charge in [-0.25, -0.2) is 4.79 Å². The minimum Gasteiger partial charge on any atom is -0.431 e. The Morgan fingerprint density at radius 1 is 1.02 bits per heavy atom. The van der Waals surface area contributed by atoms with Gasteiger partial charge in [-0.1, -0.05) is 6.92 Å². The van der Waals surface area contributed by atoms with Gasteiger partial charge >= 0.3 is 5.63 Å². The van der Waals surface area contributed by atoms with E-state index in [0.717, 1.165) is 37.7 Å². The molecule has 3 N–H and O–H groups in total. The predicted octanol–water partition coefficient (Wildman–Crippen LogP) is 2.93. The quantitative estimate of drug-likeness (QED) is 0.367. The van der Waals surface area contributed by atoms with Crippen molar-refractivity contribution >= 4 is 6.29 Å². The lowest BCUT2D eigenvalue weighted by molar-refractivity contribution is -0.312. The highest BCUT2D eigenvalue weighted by atomic mass is 16.7. The molecule has 0 radical (unpaired) electrons. The van der Waals surface area contributed by atoms with Crippen LogP contribution in [0.3, 0.4) is 0 Å². The van der Waals surface area contributed by atoms with Crippen molar-refractivity contribution in [3.8, 4) is 0 Å². The van der Waals surface area contributed by atoms with Gasteiger partial charge in [0.2, 0.25) is 0 Å². The fraction of sp³-hybridized carbons (Fsp3) is 0.806. The highest BCUT2D eigenvalue weighted by Crippen LogP contribution is 2.70. The van der Waals surface area contributed by atoms with Gasteiger partial charge in [-0.3, -0.25) is 0 Å². The lowest BCUT2D eigenvalue weighted by atomic mass is 9.43. The Morgan fingerprint density at radius 2 is 1.82 bits per heavy atom. The van der Waals surface area contributed by atoms with Crippen LogP contribution in [-0.4, -0.2) is 71.1 Å². The fourth-order valence-corrected chi connectivity index (χ4v) is 9.91. The minimum atomic E-state index is -1.11. The predicted molar refractivity (Wildman–Crippen MR) is 143 cm³/mol. The lowest BCUT2D eigenvalue weighted by Gasteiger charge is -2.63. The maximum absolute atomic E-state index is 13.0. The third kappa shape index (κ3) is 4.10. The van der Waals surface area contributed by atoms with Crippen LogP contribution in [0, 0.1) is 28.6 Å². The van der Waals surface area contributed by atoms with Crippen molar-refractivity contribution in [2.24, 2.45) is 28.6 Å². The molecule has 0 amide bonds. The molecule has 2 heterocycles. The molecule has 13 atom stereocenters. The molecule has 4 saturated carbocycles. The SMILES string of the molecule is CO[C@@H]1[C@H](O)[C@H](O[C@@H]2CC[C@]3(C=O)[C@@H](CC[C@H]4[C@@H]3CC[C@@]3(C)[C@@H](c5ccc(=O)oc5)CC[C@]43O)C2)O[C@@H](C)[C@@H]1O. The number of aliphatic hydroxyl groups is 3. The Balaban J connectivity index is 1.19. The van der Waals surface area contributed by atoms with Crippen LogP contribution in [0.4, 0.5) is 0 Å². The van der Waals surface area contributed by atoms with Gasteiger partial charge in [0.1, 0.15) is 24.6 Å². The van der Waals surface area contributed by atoms with Crippen molar-refractivity contribution < 1.29 is 38.7 Å². The van der Waals surface area contributed by atoms with E-state index in [9.17, 15) is 24.9 Å². The number of hydrogen-bond donors (Lipinski definition) is 3. The van der Waals surface area contributed by atoms with E-state index in [2.05, 4.69) is 6.92 Å². The van der Waals surface area contributed by atoms with E-state index < -0.39 is 41.7 Å². The first-order chi connectivity index (χ1) is 19.1. The molecule has 0 bridgehead atoms. The Labute approximate surface area is 235 Å². The Hall–Kier alpha value is -1.62. The van der Waals surface area contributed by atoms with E-state index in [4.69, 9.17) is 18.6 Å². The standard InChI is InChI=1S/C31H44O9/c1-17-25(34)27(37-3)26(35)28(39-17)40-20-8-12-30(16-32)19(14-20)5-6-23-22(30)9-11-29(2)21(10-13-31(23,29)36)18-4-7-24(33)38-15-18/h4,7,15-17,19-23,25-28,34-36H,5-6,8-14H2,1-3H3/t17-,19-,20+,21+,22-,23-,25-,26-,27-,28-,29-,30-,31-/m0/s1. The Kier molecular flexibility index (Phi) is 7.32. The second kappa shape index (κ2) is 10.3. The summed E-state index contributed by atoms with van der Waals surface area (Å²) in [6.07, 6.45) is 5.26. The van der Waals surface area contributed by atoms with Crippen LogP contribution in [-0.2, 0) is 19.0 Å². The number of rotatable bonds is 5. The summed E-state index contributed by atoms with van der Waals surface area (Å²) in [5, 5.41) is 33.5. The fourth-order valence-electron chi connectivity index (χ4n) is 9.91. The molecule has 4 aliphatic carbocycles. The molecular formula is C31H44O9. The molecule has 5 fully saturated rings. The average molecular weight is 561 g/mol. The maximum Gasteiger partial charge on any atom is 0.335 e. The molecule has 1 aromatic heterocycles. The van der Waals surface area contributed by atoms with Gasteiger partial charge in [-0.15, -0.1) is 0 Å². The second-order valence-electron chi connectivity index (χ2n) is 13.5. The number of aldehydes is 1. The third-order valence-corrected chi connectivity index (χ3v) is 12.1.